The van der Waals surface area contributed by atoms with Gasteiger partial charge in [0.1, 0.15) is 5.75 Å². The third-order valence-corrected chi connectivity index (χ3v) is 4.02. The molecule has 2 heteroatoms. The molecular weight excluding hydrogens is 246 g/mol. The summed E-state index contributed by atoms with van der Waals surface area (Å²) in [4.78, 5) is 0. The van der Waals surface area contributed by atoms with Crippen molar-refractivity contribution in [1.82, 2.24) is 0 Å². The van der Waals surface area contributed by atoms with Crippen molar-refractivity contribution in [3.05, 3.63) is 42.0 Å². The van der Waals surface area contributed by atoms with Crippen LogP contribution >= 0.6 is 0 Å². The zero-order valence-electron chi connectivity index (χ0n) is 12.6. The lowest BCUT2D eigenvalue weighted by molar-refractivity contribution is 0.239. The molecule has 0 bridgehead atoms. The van der Waals surface area contributed by atoms with E-state index < -0.39 is 0 Å². The van der Waals surface area contributed by atoms with E-state index in [0.717, 1.165) is 31.6 Å². The summed E-state index contributed by atoms with van der Waals surface area (Å²) in [6.45, 7) is 5.88. The van der Waals surface area contributed by atoms with Crippen LogP contribution in [0.15, 0.2) is 36.4 Å². The SMILES string of the molecule is CCC(CC)COc1ccc2ccccc2c1CCN. The number of hydrogen-bond acceptors (Lipinski definition) is 2. The molecule has 2 aromatic carbocycles. The van der Waals surface area contributed by atoms with Crippen LogP contribution in [0, 0.1) is 5.92 Å². The van der Waals surface area contributed by atoms with Gasteiger partial charge in [-0.15, -0.1) is 0 Å². The van der Waals surface area contributed by atoms with Crippen LogP contribution in [0.5, 0.6) is 5.75 Å². The molecule has 0 atom stereocenters. The fraction of sp³-hybridized carbons (Fsp3) is 0.444. The van der Waals surface area contributed by atoms with Crippen LogP contribution in [0.2, 0.25) is 0 Å². The van der Waals surface area contributed by atoms with Gasteiger partial charge < -0.3 is 10.5 Å². The molecule has 0 spiro atoms. The second-order valence-electron chi connectivity index (χ2n) is 5.30. The molecule has 0 radical (unpaired) electrons. The molecular formula is C18H25NO. The molecule has 0 saturated carbocycles. The largest absolute Gasteiger partial charge is 0.493 e. The van der Waals surface area contributed by atoms with Gasteiger partial charge in [-0.1, -0.05) is 57.0 Å². The Balaban J connectivity index is 2.29. The van der Waals surface area contributed by atoms with Crippen molar-refractivity contribution in [2.45, 2.75) is 33.1 Å². The second-order valence-corrected chi connectivity index (χ2v) is 5.30. The summed E-state index contributed by atoms with van der Waals surface area (Å²) in [5, 5.41) is 2.52. The third kappa shape index (κ3) is 3.31. The van der Waals surface area contributed by atoms with Crippen molar-refractivity contribution >= 4 is 10.8 Å². The van der Waals surface area contributed by atoms with Gasteiger partial charge in [0.2, 0.25) is 0 Å². The molecule has 2 aromatic rings. The fourth-order valence-corrected chi connectivity index (χ4v) is 2.59. The van der Waals surface area contributed by atoms with E-state index in [1.165, 1.54) is 16.3 Å². The van der Waals surface area contributed by atoms with Crippen LogP contribution in [0.25, 0.3) is 10.8 Å². The molecule has 0 heterocycles. The highest BCUT2D eigenvalue weighted by atomic mass is 16.5. The number of fused-ring (bicyclic) bond motifs is 1. The van der Waals surface area contributed by atoms with E-state index in [0.29, 0.717) is 12.5 Å². The minimum Gasteiger partial charge on any atom is -0.493 e. The van der Waals surface area contributed by atoms with Gasteiger partial charge in [0.15, 0.2) is 0 Å². The van der Waals surface area contributed by atoms with E-state index in [1.807, 2.05) is 0 Å². The van der Waals surface area contributed by atoms with Crippen LogP contribution in [0.1, 0.15) is 32.3 Å². The van der Waals surface area contributed by atoms with E-state index in [1.54, 1.807) is 0 Å². The molecule has 108 valence electrons. The first kappa shape index (κ1) is 14.9. The molecule has 0 saturated heterocycles. The number of nitrogens with two attached hydrogens (primary N) is 1. The Hall–Kier alpha value is -1.54. The van der Waals surface area contributed by atoms with Crippen LogP contribution in [-0.4, -0.2) is 13.2 Å². The van der Waals surface area contributed by atoms with E-state index in [4.69, 9.17) is 10.5 Å². The summed E-state index contributed by atoms with van der Waals surface area (Å²) in [6, 6.07) is 12.7. The van der Waals surface area contributed by atoms with Gasteiger partial charge in [0, 0.05) is 5.56 Å². The average molecular weight is 271 g/mol. The van der Waals surface area contributed by atoms with Gasteiger partial charge in [-0.3, -0.25) is 0 Å². The van der Waals surface area contributed by atoms with Gasteiger partial charge in [0.25, 0.3) is 0 Å². The van der Waals surface area contributed by atoms with Crippen LogP contribution in [0.3, 0.4) is 0 Å². The minimum atomic E-state index is 0.632. The lowest BCUT2D eigenvalue weighted by Crippen LogP contribution is -2.12. The van der Waals surface area contributed by atoms with E-state index in [-0.39, 0.29) is 0 Å². The molecule has 20 heavy (non-hydrogen) atoms. The number of rotatable bonds is 7. The second kappa shape index (κ2) is 7.30. The molecule has 0 fully saturated rings. The molecule has 2 nitrogen and oxygen atoms in total. The molecule has 0 unspecified atom stereocenters. The zero-order valence-corrected chi connectivity index (χ0v) is 12.6. The summed E-state index contributed by atoms with van der Waals surface area (Å²) in [7, 11) is 0. The van der Waals surface area contributed by atoms with Crippen LogP contribution in [-0.2, 0) is 6.42 Å². The zero-order chi connectivity index (χ0) is 14.4. The average Bonchev–Trinajstić information content (AvgIpc) is 2.50. The Labute approximate surface area is 121 Å². The summed E-state index contributed by atoms with van der Waals surface area (Å²) in [5.74, 6) is 1.63. The van der Waals surface area contributed by atoms with E-state index in [9.17, 15) is 0 Å². The molecule has 0 aromatic heterocycles. The number of hydrogen-bond donors (Lipinski definition) is 1. The topological polar surface area (TPSA) is 35.2 Å². The molecule has 2 N–H and O–H groups in total. The van der Waals surface area contributed by atoms with Crippen molar-refractivity contribution in [3.8, 4) is 5.75 Å². The van der Waals surface area contributed by atoms with Gasteiger partial charge in [-0.05, 0) is 35.7 Å². The Morgan fingerprint density at radius 2 is 1.80 bits per heavy atom. The third-order valence-electron chi connectivity index (χ3n) is 4.02. The maximum Gasteiger partial charge on any atom is 0.123 e. The predicted molar refractivity (Wildman–Crippen MR) is 86.3 cm³/mol. The normalized spacial score (nSPS) is 11.2. The Morgan fingerprint density at radius 1 is 1.05 bits per heavy atom. The summed E-state index contributed by atoms with van der Waals surface area (Å²) < 4.78 is 6.09. The maximum atomic E-state index is 6.09. The quantitative estimate of drug-likeness (QED) is 0.820. The van der Waals surface area contributed by atoms with Gasteiger partial charge in [0.05, 0.1) is 6.61 Å². The van der Waals surface area contributed by atoms with Crippen LogP contribution < -0.4 is 10.5 Å². The molecule has 0 amide bonds. The Morgan fingerprint density at radius 3 is 2.50 bits per heavy atom. The van der Waals surface area contributed by atoms with Gasteiger partial charge >= 0.3 is 0 Å². The minimum absolute atomic E-state index is 0.632. The van der Waals surface area contributed by atoms with E-state index >= 15 is 0 Å². The summed E-state index contributed by atoms with van der Waals surface area (Å²) in [6.07, 6.45) is 3.19. The van der Waals surface area contributed by atoms with E-state index in [2.05, 4.69) is 50.2 Å². The smallest absolute Gasteiger partial charge is 0.123 e. The highest BCUT2D eigenvalue weighted by molar-refractivity contribution is 5.87. The fourth-order valence-electron chi connectivity index (χ4n) is 2.59. The molecule has 0 aliphatic heterocycles. The van der Waals surface area contributed by atoms with Gasteiger partial charge in [-0.2, -0.15) is 0 Å². The standard InChI is InChI=1S/C18H25NO/c1-3-14(4-2)13-20-18-10-9-15-7-5-6-8-16(15)17(18)11-12-19/h5-10,14H,3-4,11-13,19H2,1-2H3. The van der Waals surface area contributed by atoms with Crippen LogP contribution in [0.4, 0.5) is 0 Å². The number of ether oxygens (including phenoxy) is 1. The summed E-state index contributed by atoms with van der Waals surface area (Å²) in [5.41, 5.74) is 7.02. The Kier molecular flexibility index (Phi) is 5.42. The maximum absolute atomic E-state index is 6.09. The first-order chi connectivity index (χ1) is 9.80. The molecule has 0 aliphatic carbocycles. The highest BCUT2D eigenvalue weighted by Gasteiger charge is 2.10. The van der Waals surface area contributed by atoms with Gasteiger partial charge in [-0.25, -0.2) is 0 Å². The first-order valence-electron chi connectivity index (χ1n) is 7.63. The van der Waals surface area contributed by atoms with Crippen molar-refractivity contribution in [2.24, 2.45) is 11.7 Å². The van der Waals surface area contributed by atoms with Crippen molar-refractivity contribution in [2.75, 3.05) is 13.2 Å². The lowest BCUT2D eigenvalue weighted by atomic mass is 10.0. The van der Waals surface area contributed by atoms with Crippen molar-refractivity contribution in [3.63, 3.8) is 0 Å². The predicted octanol–water partition coefficient (Wildman–Crippen LogP) is 4.16. The van der Waals surface area contributed by atoms with Crippen molar-refractivity contribution in [1.29, 1.82) is 0 Å². The first-order valence-corrected chi connectivity index (χ1v) is 7.63. The Bertz CT molecular complexity index is 546. The number of benzene rings is 2. The lowest BCUT2D eigenvalue weighted by Gasteiger charge is -2.17. The summed E-state index contributed by atoms with van der Waals surface area (Å²) >= 11 is 0. The highest BCUT2D eigenvalue weighted by Crippen LogP contribution is 2.29. The monoisotopic (exact) mass is 271 g/mol. The molecule has 0 aliphatic rings. The van der Waals surface area contributed by atoms with Crippen molar-refractivity contribution < 1.29 is 4.74 Å². The molecule has 2 rings (SSSR count).